The van der Waals surface area contributed by atoms with E-state index in [9.17, 15) is 5.11 Å². The summed E-state index contributed by atoms with van der Waals surface area (Å²) in [4.78, 5) is 7.01. The Morgan fingerprint density at radius 3 is 2.30 bits per heavy atom. The van der Waals surface area contributed by atoms with Crippen molar-refractivity contribution in [3.63, 3.8) is 0 Å². The molecular formula is C23H26N2OS. The molecule has 27 heavy (non-hydrogen) atoms. The van der Waals surface area contributed by atoms with Crippen LogP contribution in [0.3, 0.4) is 0 Å². The molecule has 0 radical (unpaired) electrons. The second-order valence-corrected chi connectivity index (χ2v) is 8.22. The van der Waals surface area contributed by atoms with Gasteiger partial charge < -0.3 is 10.0 Å². The standard InChI is InChI=1S/C23H26N2OS/c26-23(22-24-14-18-27-22,20-9-5-2-6-10-20)21-12-16-25(17-13-21)15-11-19-7-3-1-4-8-19/h1-10,14,18,21,26H,11-13,15-17H2. The van der Waals surface area contributed by atoms with Gasteiger partial charge in [0.05, 0.1) is 0 Å². The van der Waals surface area contributed by atoms with Gasteiger partial charge in [0.1, 0.15) is 10.6 Å². The molecule has 0 spiro atoms. The van der Waals surface area contributed by atoms with Crippen molar-refractivity contribution in [3.8, 4) is 0 Å². The number of benzene rings is 2. The highest BCUT2D eigenvalue weighted by atomic mass is 32.1. The van der Waals surface area contributed by atoms with Crippen LogP contribution in [0, 0.1) is 5.92 Å². The van der Waals surface area contributed by atoms with E-state index in [4.69, 9.17) is 0 Å². The van der Waals surface area contributed by atoms with Gasteiger partial charge in [-0.2, -0.15) is 0 Å². The summed E-state index contributed by atoms with van der Waals surface area (Å²) in [5.74, 6) is 0.194. The number of thiazole rings is 1. The van der Waals surface area contributed by atoms with Gasteiger partial charge >= 0.3 is 0 Å². The quantitative estimate of drug-likeness (QED) is 0.693. The Morgan fingerprint density at radius 2 is 1.67 bits per heavy atom. The molecule has 4 rings (SSSR count). The third kappa shape index (κ3) is 3.98. The molecule has 0 saturated carbocycles. The van der Waals surface area contributed by atoms with Crippen molar-refractivity contribution < 1.29 is 5.11 Å². The van der Waals surface area contributed by atoms with E-state index >= 15 is 0 Å². The molecule has 1 N–H and O–H groups in total. The van der Waals surface area contributed by atoms with Crippen molar-refractivity contribution in [1.82, 2.24) is 9.88 Å². The van der Waals surface area contributed by atoms with E-state index in [1.807, 2.05) is 35.7 Å². The molecule has 1 atom stereocenters. The van der Waals surface area contributed by atoms with E-state index in [-0.39, 0.29) is 5.92 Å². The molecule has 3 nitrogen and oxygen atoms in total. The van der Waals surface area contributed by atoms with Gasteiger partial charge in [-0.25, -0.2) is 4.98 Å². The first-order valence-corrected chi connectivity index (χ1v) is 10.6. The molecule has 2 aromatic carbocycles. The lowest BCUT2D eigenvalue weighted by molar-refractivity contribution is -0.0141. The third-order valence-corrected chi connectivity index (χ3v) is 6.61. The zero-order chi connectivity index (χ0) is 18.5. The molecule has 1 aliphatic rings. The Labute approximate surface area is 165 Å². The van der Waals surface area contributed by atoms with Crippen LogP contribution in [0.5, 0.6) is 0 Å². The molecule has 1 aromatic heterocycles. The maximum atomic E-state index is 11.8. The van der Waals surface area contributed by atoms with Crippen molar-refractivity contribution >= 4 is 11.3 Å². The van der Waals surface area contributed by atoms with Gasteiger partial charge in [-0.15, -0.1) is 11.3 Å². The van der Waals surface area contributed by atoms with E-state index < -0.39 is 5.60 Å². The molecule has 4 heteroatoms. The minimum atomic E-state index is -0.985. The van der Waals surface area contributed by atoms with Gasteiger partial charge in [-0.1, -0.05) is 60.7 Å². The zero-order valence-electron chi connectivity index (χ0n) is 15.5. The first kappa shape index (κ1) is 18.4. The van der Waals surface area contributed by atoms with Crippen LogP contribution in [0.4, 0.5) is 0 Å². The molecule has 3 aromatic rings. The van der Waals surface area contributed by atoms with Gasteiger partial charge in [0, 0.05) is 24.0 Å². The predicted octanol–water partition coefficient (Wildman–Crippen LogP) is 4.33. The van der Waals surface area contributed by atoms with E-state index in [1.54, 1.807) is 17.5 Å². The molecule has 1 fully saturated rings. The van der Waals surface area contributed by atoms with Gasteiger partial charge in [0.15, 0.2) is 0 Å². The summed E-state index contributed by atoms with van der Waals surface area (Å²) in [5.41, 5.74) is 1.37. The van der Waals surface area contributed by atoms with Crippen molar-refractivity contribution in [2.45, 2.75) is 24.9 Å². The molecular weight excluding hydrogens is 352 g/mol. The molecule has 0 aliphatic carbocycles. The van der Waals surface area contributed by atoms with Crippen LogP contribution in [0.1, 0.15) is 29.0 Å². The number of aromatic nitrogens is 1. The second kappa shape index (κ2) is 8.34. The summed E-state index contributed by atoms with van der Waals surface area (Å²) < 4.78 is 0. The highest BCUT2D eigenvalue weighted by Gasteiger charge is 2.43. The van der Waals surface area contributed by atoms with Crippen LogP contribution in [0.25, 0.3) is 0 Å². The minimum absolute atomic E-state index is 0.194. The Hall–Kier alpha value is -2.01. The first-order valence-electron chi connectivity index (χ1n) is 9.71. The molecule has 1 aliphatic heterocycles. The molecule has 2 heterocycles. The smallest absolute Gasteiger partial charge is 0.144 e. The highest BCUT2D eigenvalue weighted by Crippen LogP contribution is 2.42. The summed E-state index contributed by atoms with van der Waals surface area (Å²) in [6.45, 7) is 3.13. The van der Waals surface area contributed by atoms with Gasteiger partial charge in [-0.3, -0.25) is 0 Å². The van der Waals surface area contributed by atoms with Gasteiger partial charge in [0.2, 0.25) is 0 Å². The highest BCUT2D eigenvalue weighted by molar-refractivity contribution is 7.09. The number of aliphatic hydroxyl groups is 1. The van der Waals surface area contributed by atoms with Crippen molar-refractivity contribution in [2.75, 3.05) is 19.6 Å². The minimum Gasteiger partial charge on any atom is -0.378 e. The number of likely N-dealkylation sites (tertiary alicyclic amines) is 1. The topological polar surface area (TPSA) is 36.4 Å². The fraction of sp³-hybridized carbons (Fsp3) is 0.348. The summed E-state index contributed by atoms with van der Waals surface area (Å²) in [7, 11) is 0. The number of piperidine rings is 1. The lowest BCUT2D eigenvalue weighted by Gasteiger charge is -2.41. The summed E-state index contributed by atoms with van der Waals surface area (Å²) >= 11 is 1.55. The Bertz CT molecular complexity index is 814. The van der Waals surface area contributed by atoms with E-state index in [2.05, 4.69) is 40.2 Å². The third-order valence-electron chi connectivity index (χ3n) is 5.71. The Morgan fingerprint density at radius 1 is 1.00 bits per heavy atom. The average molecular weight is 379 g/mol. The van der Waals surface area contributed by atoms with Gasteiger partial charge in [-0.05, 0) is 43.5 Å². The van der Waals surface area contributed by atoms with Crippen molar-refractivity contribution in [2.24, 2.45) is 5.92 Å². The van der Waals surface area contributed by atoms with Crippen molar-refractivity contribution in [3.05, 3.63) is 88.4 Å². The van der Waals surface area contributed by atoms with E-state index in [1.165, 1.54) is 5.56 Å². The predicted molar refractivity (Wildman–Crippen MR) is 111 cm³/mol. The fourth-order valence-electron chi connectivity index (χ4n) is 4.14. The summed E-state index contributed by atoms with van der Waals surface area (Å²) in [6.07, 6.45) is 4.85. The number of hydrogen-bond acceptors (Lipinski definition) is 4. The second-order valence-electron chi connectivity index (χ2n) is 7.32. The van der Waals surface area contributed by atoms with Crippen LogP contribution in [-0.4, -0.2) is 34.6 Å². The van der Waals surface area contributed by atoms with Gasteiger partial charge in [0.25, 0.3) is 0 Å². The molecule has 0 bridgehead atoms. The molecule has 0 amide bonds. The summed E-state index contributed by atoms with van der Waals surface area (Å²) in [5, 5.41) is 14.6. The van der Waals surface area contributed by atoms with Crippen LogP contribution >= 0.6 is 11.3 Å². The molecule has 1 unspecified atom stereocenters. The summed E-state index contributed by atoms with van der Waals surface area (Å²) in [6, 6.07) is 20.7. The lowest BCUT2D eigenvalue weighted by Crippen LogP contribution is -2.44. The van der Waals surface area contributed by atoms with Crippen molar-refractivity contribution in [1.29, 1.82) is 0 Å². The fourth-order valence-corrected chi connectivity index (χ4v) is 4.98. The normalized spacial score (nSPS) is 18.3. The maximum Gasteiger partial charge on any atom is 0.144 e. The van der Waals surface area contributed by atoms with Crippen LogP contribution < -0.4 is 0 Å². The molecule has 1 saturated heterocycles. The largest absolute Gasteiger partial charge is 0.378 e. The van der Waals surface area contributed by atoms with Crippen LogP contribution in [-0.2, 0) is 12.0 Å². The average Bonchev–Trinajstić information content (AvgIpc) is 3.29. The number of rotatable bonds is 6. The number of nitrogens with zero attached hydrogens (tertiary/aromatic N) is 2. The van der Waals surface area contributed by atoms with Crippen LogP contribution in [0.2, 0.25) is 0 Å². The first-order chi connectivity index (χ1) is 13.3. The van der Waals surface area contributed by atoms with E-state index in [0.29, 0.717) is 0 Å². The lowest BCUT2D eigenvalue weighted by atomic mass is 9.76. The Balaban J connectivity index is 1.45. The van der Waals surface area contributed by atoms with Crippen LogP contribution in [0.15, 0.2) is 72.2 Å². The van der Waals surface area contributed by atoms with E-state index in [0.717, 1.165) is 49.5 Å². The molecule has 140 valence electrons. The number of hydrogen-bond donors (Lipinski definition) is 1. The Kier molecular flexibility index (Phi) is 5.67. The maximum absolute atomic E-state index is 11.8. The zero-order valence-corrected chi connectivity index (χ0v) is 16.3. The monoisotopic (exact) mass is 378 g/mol. The SMILES string of the molecule is OC(c1ccccc1)(c1nccs1)C1CCN(CCc2ccccc2)CC1.